The van der Waals surface area contributed by atoms with Crippen molar-refractivity contribution in [3.8, 4) is 0 Å². The van der Waals surface area contributed by atoms with Gasteiger partial charge in [-0.15, -0.1) is 0 Å². The van der Waals surface area contributed by atoms with Gasteiger partial charge in [-0.2, -0.15) is 5.10 Å². The summed E-state index contributed by atoms with van der Waals surface area (Å²) in [4.78, 5) is 6.63. The summed E-state index contributed by atoms with van der Waals surface area (Å²) < 4.78 is 0. The maximum Gasteiger partial charge on any atom is 0.0558 e. The van der Waals surface area contributed by atoms with E-state index in [9.17, 15) is 0 Å². The molecule has 0 unspecified atom stereocenters. The van der Waals surface area contributed by atoms with Gasteiger partial charge in [-0.05, 0) is 22.4 Å². The normalized spacial score (nSPS) is 15.9. The maximum atomic E-state index is 4.59. The van der Waals surface area contributed by atoms with Crippen molar-refractivity contribution in [2.45, 2.75) is 6.54 Å². The first kappa shape index (κ1) is 15.8. The van der Waals surface area contributed by atoms with E-state index in [1.54, 1.807) is 6.20 Å². The summed E-state index contributed by atoms with van der Waals surface area (Å²) in [5.41, 5.74) is 2.45. The molecular weight excluding hydrogens is 308 g/mol. The van der Waals surface area contributed by atoms with Crippen LogP contribution in [0.5, 0.6) is 0 Å². The summed E-state index contributed by atoms with van der Waals surface area (Å²) in [5, 5.41) is 9.41. The van der Waals surface area contributed by atoms with Crippen molar-refractivity contribution in [3.05, 3.63) is 78.1 Å². The molecule has 0 saturated carbocycles. The van der Waals surface area contributed by atoms with Crippen molar-refractivity contribution in [2.75, 3.05) is 26.2 Å². The van der Waals surface area contributed by atoms with Crippen LogP contribution in [0.2, 0.25) is 0 Å². The molecule has 2 heterocycles. The van der Waals surface area contributed by atoms with E-state index < -0.39 is 0 Å². The minimum atomic E-state index is 0.960. The molecule has 4 heteroatoms. The van der Waals surface area contributed by atoms with Crippen molar-refractivity contribution < 1.29 is 0 Å². The molecule has 1 aromatic heterocycles. The third-order valence-electron chi connectivity index (χ3n) is 4.68. The molecule has 3 aromatic rings. The van der Waals surface area contributed by atoms with Gasteiger partial charge in [0.15, 0.2) is 0 Å². The molecule has 1 aliphatic heterocycles. The second-order valence-corrected chi connectivity index (χ2v) is 6.40. The highest BCUT2D eigenvalue weighted by Crippen LogP contribution is 2.20. The van der Waals surface area contributed by atoms with Gasteiger partial charge in [-0.1, -0.05) is 48.5 Å². The molecule has 0 amide bonds. The lowest BCUT2D eigenvalue weighted by Crippen LogP contribution is -2.43. The molecule has 1 aliphatic rings. The average molecular weight is 330 g/mol. The molecule has 1 fully saturated rings. The molecule has 2 aromatic carbocycles. The third-order valence-corrected chi connectivity index (χ3v) is 4.68. The smallest absolute Gasteiger partial charge is 0.0558 e. The molecule has 1 saturated heterocycles. The van der Waals surface area contributed by atoms with Crippen LogP contribution in [0, 0.1) is 0 Å². The quantitative estimate of drug-likeness (QED) is 0.687. The number of hydrogen-bond acceptors (Lipinski definition) is 4. The fraction of sp³-hybridized carbons (Fsp3) is 0.238. The number of nitrogens with zero attached hydrogens (tertiary/aromatic N) is 4. The topological polar surface area (TPSA) is 31.7 Å². The van der Waals surface area contributed by atoms with Crippen molar-refractivity contribution in [2.24, 2.45) is 5.10 Å². The Morgan fingerprint density at radius 1 is 0.920 bits per heavy atom. The molecule has 126 valence electrons. The first-order chi connectivity index (χ1) is 12.4. The van der Waals surface area contributed by atoms with Gasteiger partial charge in [0.25, 0.3) is 0 Å². The van der Waals surface area contributed by atoms with E-state index >= 15 is 0 Å². The Bertz CT molecular complexity index is 847. The van der Waals surface area contributed by atoms with Crippen LogP contribution in [0.25, 0.3) is 10.8 Å². The Kier molecular flexibility index (Phi) is 4.70. The molecule has 0 aliphatic carbocycles. The van der Waals surface area contributed by atoms with Crippen LogP contribution in [0.15, 0.2) is 72.1 Å². The standard InChI is InChI=1S/C21H22N4/c1-2-9-21-19(6-1)7-3-8-20(21)17-24-11-13-25(14-12-24)23-16-18-5-4-10-22-15-18/h1-10,15-16H,11-14,17H2/b23-16-. The van der Waals surface area contributed by atoms with Crippen LogP contribution in [0.4, 0.5) is 0 Å². The summed E-state index contributed by atoms with van der Waals surface area (Å²) in [6, 6.07) is 19.2. The van der Waals surface area contributed by atoms with Crippen LogP contribution < -0.4 is 0 Å². The van der Waals surface area contributed by atoms with Crippen LogP contribution in [-0.2, 0) is 6.54 Å². The van der Waals surface area contributed by atoms with Crippen molar-refractivity contribution in [1.82, 2.24) is 14.9 Å². The second-order valence-electron chi connectivity index (χ2n) is 6.40. The SMILES string of the molecule is C(=N/N1CCN(Cc2cccc3ccccc23)CC1)/c1cccnc1. The summed E-state index contributed by atoms with van der Waals surface area (Å²) >= 11 is 0. The maximum absolute atomic E-state index is 4.59. The average Bonchev–Trinajstić information content (AvgIpc) is 2.69. The number of rotatable bonds is 4. The minimum Gasteiger partial charge on any atom is -0.295 e. The molecule has 0 bridgehead atoms. The number of pyridine rings is 1. The van der Waals surface area contributed by atoms with E-state index in [4.69, 9.17) is 0 Å². The molecule has 0 N–H and O–H groups in total. The van der Waals surface area contributed by atoms with Crippen LogP contribution in [0.1, 0.15) is 11.1 Å². The molecule has 4 nitrogen and oxygen atoms in total. The van der Waals surface area contributed by atoms with E-state index in [0.717, 1.165) is 38.3 Å². The van der Waals surface area contributed by atoms with Gasteiger partial charge in [-0.25, -0.2) is 0 Å². The first-order valence-electron chi connectivity index (χ1n) is 8.76. The largest absolute Gasteiger partial charge is 0.295 e. The zero-order chi connectivity index (χ0) is 16.9. The molecule has 0 atom stereocenters. The lowest BCUT2D eigenvalue weighted by Gasteiger charge is -2.33. The number of piperazine rings is 1. The van der Waals surface area contributed by atoms with Gasteiger partial charge in [0.1, 0.15) is 0 Å². The highest BCUT2D eigenvalue weighted by atomic mass is 15.5. The van der Waals surface area contributed by atoms with E-state index in [-0.39, 0.29) is 0 Å². The lowest BCUT2D eigenvalue weighted by molar-refractivity contribution is 0.131. The monoisotopic (exact) mass is 330 g/mol. The van der Waals surface area contributed by atoms with Gasteiger partial charge in [-0.3, -0.25) is 14.9 Å². The number of benzene rings is 2. The Morgan fingerprint density at radius 2 is 1.76 bits per heavy atom. The van der Waals surface area contributed by atoms with E-state index in [1.807, 2.05) is 24.5 Å². The highest BCUT2D eigenvalue weighted by molar-refractivity contribution is 5.85. The number of fused-ring (bicyclic) bond motifs is 1. The molecular formula is C21H22N4. The zero-order valence-electron chi connectivity index (χ0n) is 14.3. The van der Waals surface area contributed by atoms with Crippen molar-refractivity contribution in [3.63, 3.8) is 0 Å². The highest BCUT2D eigenvalue weighted by Gasteiger charge is 2.16. The van der Waals surface area contributed by atoms with Gasteiger partial charge in [0.05, 0.1) is 6.21 Å². The number of aromatic nitrogens is 1. The lowest BCUT2D eigenvalue weighted by atomic mass is 10.0. The first-order valence-corrected chi connectivity index (χ1v) is 8.76. The summed E-state index contributed by atoms with van der Waals surface area (Å²) in [6.45, 7) is 4.99. The van der Waals surface area contributed by atoms with Crippen LogP contribution in [-0.4, -0.2) is 47.3 Å². The predicted molar refractivity (Wildman–Crippen MR) is 103 cm³/mol. The Balaban J connectivity index is 1.36. The van der Waals surface area contributed by atoms with Crippen molar-refractivity contribution >= 4 is 17.0 Å². The van der Waals surface area contributed by atoms with Crippen molar-refractivity contribution in [1.29, 1.82) is 0 Å². The molecule has 0 spiro atoms. The summed E-state index contributed by atoms with van der Waals surface area (Å²) in [6.07, 6.45) is 5.51. The van der Waals surface area contributed by atoms with E-state index in [1.165, 1.54) is 16.3 Å². The summed E-state index contributed by atoms with van der Waals surface area (Å²) in [7, 11) is 0. The van der Waals surface area contributed by atoms with E-state index in [0.29, 0.717) is 0 Å². The van der Waals surface area contributed by atoms with Gasteiger partial charge in [0, 0.05) is 50.7 Å². The Labute approximate surface area is 148 Å². The van der Waals surface area contributed by atoms with Gasteiger partial charge in [0.2, 0.25) is 0 Å². The number of hydrogen-bond donors (Lipinski definition) is 0. The summed E-state index contributed by atoms with van der Waals surface area (Å²) in [5.74, 6) is 0. The molecule has 4 rings (SSSR count). The Hall–Kier alpha value is -2.72. The fourth-order valence-corrected chi connectivity index (χ4v) is 3.28. The fourth-order valence-electron chi connectivity index (χ4n) is 3.28. The van der Waals surface area contributed by atoms with E-state index in [2.05, 4.69) is 62.5 Å². The molecule has 25 heavy (non-hydrogen) atoms. The van der Waals surface area contributed by atoms with Crippen LogP contribution >= 0.6 is 0 Å². The second kappa shape index (κ2) is 7.45. The minimum absolute atomic E-state index is 0.960. The van der Waals surface area contributed by atoms with Crippen LogP contribution in [0.3, 0.4) is 0 Å². The zero-order valence-corrected chi connectivity index (χ0v) is 14.3. The van der Waals surface area contributed by atoms with Gasteiger partial charge < -0.3 is 0 Å². The number of hydrazone groups is 1. The molecule has 0 radical (unpaired) electrons. The third kappa shape index (κ3) is 3.86. The predicted octanol–water partition coefficient (Wildman–Crippen LogP) is 3.39. The van der Waals surface area contributed by atoms with Gasteiger partial charge >= 0.3 is 0 Å². The Morgan fingerprint density at radius 3 is 2.60 bits per heavy atom.